The van der Waals surface area contributed by atoms with Crippen molar-refractivity contribution in [2.24, 2.45) is 0 Å². The van der Waals surface area contributed by atoms with Crippen LogP contribution in [-0.2, 0) is 14.1 Å². The van der Waals surface area contributed by atoms with E-state index < -0.39 is 0 Å². The summed E-state index contributed by atoms with van der Waals surface area (Å²) in [5.41, 5.74) is 1.03. The van der Waals surface area contributed by atoms with E-state index in [0.717, 1.165) is 11.9 Å². The van der Waals surface area contributed by atoms with Crippen LogP contribution >= 0.6 is 0 Å². The summed E-state index contributed by atoms with van der Waals surface area (Å²) in [6.07, 6.45) is 2.04. The molecule has 0 unspecified atom stereocenters. The van der Waals surface area contributed by atoms with Gasteiger partial charge in [0, 0.05) is 12.8 Å². The van der Waals surface area contributed by atoms with Crippen LogP contribution in [-0.4, -0.2) is 25.1 Å². The van der Waals surface area contributed by atoms with Gasteiger partial charge in [-0.2, -0.15) is 0 Å². The predicted molar refractivity (Wildman–Crippen MR) is 60.4 cm³/mol. The molecule has 82 valence electrons. The molecule has 1 saturated heterocycles. The molecule has 0 aromatic heterocycles. The summed E-state index contributed by atoms with van der Waals surface area (Å²) in [6.45, 7) is 0. The van der Waals surface area contributed by atoms with Crippen molar-refractivity contribution in [2.75, 3.05) is 0 Å². The van der Waals surface area contributed by atoms with Crippen LogP contribution in [0.1, 0.15) is 19.3 Å². The maximum atomic E-state index is 11.4. The van der Waals surface area contributed by atoms with Crippen LogP contribution in [0.5, 0.6) is 0 Å². The fraction of sp³-hybridized carbons (Fsp3) is 0.417. The van der Waals surface area contributed by atoms with Gasteiger partial charge in [-0.05, 0) is 11.9 Å². The van der Waals surface area contributed by atoms with Crippen LogP contribution in [0.15, 0.2) is 30.3 Å². The number of ketones is 1. The van der Waals surface area contributed by atoms with Crippen molar-refractivity contribution in [3.05, 3.63) is 30.3 Å². The Labute approximate surface area is 94.9 Å². The van der Waals surface area contributed by atoms with E-state index >= 15 is 0 Å². The summed E-state index contributed by atoms with van der Waals surface area (Å²) < 4.78 is 11.5. The second-order valence-corrected chi connectivity index (χ2v) is 4.44. The average Bonchev–Trinajstić information content (AvgIpc) is 2.28. The Bertz CT molecular complexity index is 377. The summed E-state index contributed by atoms with van der Waals surface area (Å²) in [7, 11) is -0.293. The largest absolute Gasteiger partial charge is 0.494 e. The first-order chi connectivity index (χ1) is 7.81. The molecule has 2 atom stereocenters. The Hall–Kier alpha value is -1.13. The lowest BCUT2D eigenvalue weighted by atomic mass is 9.74. The van der Waals surface area contributed by atoms with Crippen LogP contribution in [0, 0.1) is 0 Å². The number of carbonyl (C=O) groups is 1. The van der Waals surface area contributed by atoms with Crippen molar-refractivity contribution in [3.63, 3.8) is 0 Å². The molecule has 2 fully saturated rings. The lowest BCUT2D eigenvalue weighted by Gasteiger charge is -2.37. The minimum absolute atomic E-state index is 0.0465. The van der Waals surface area contributed by atoms with Crippen LogP contribution in [0.2, 0.25) is 0 Å². The fourth-order valence-corrected chi connectivity index (χ4v) is 2.41. The zero-order valence-electron chi connectivity index (χ0n) is 8.96. The third-order valence-corrected chi connectivity index (χ3v) is 3.14. The highest BCUT2D eigenvalue weighted by Crippen LogP contribution is 2.27. The van der Waals surface area contributed by atoms with Crippen molar-refractivity contribution in [1.29, 1.82) is 0 Å². The van der Waals surface area contributed by atoms with E-state index in [1.165, 1.54) is 0 Å². The van der Waals surface area contributed by atoms with Gasteiger partial charge in [-0.1, -0.05) is 30.3 Å². The van der Waals surface area contributed by atoms with E-state index in [0.29, 0.717) is 12.8 Å². The number of hydrogen-bond acceptors (Lipinski definition) is 3. The molecule has 1 saturated carbocycles. The molecule has 0 spiro atoms. The molecule has 2 bridgehead atoms. The van der Waals surface area contributed by atoms with Crippen LogP contribution in [0.3, 0.4) is 0 Å². The highest BCUT2D eigenvalue weighted by Gasteiger charge is 2.40. The van der Waals surface area contributed by atoms with Crippen molar-refractivity contribution in [1.82, 2.24) is 0 Å². The van der Waals surface area contributed by atoms with Gasteiger partial charge in [-0.25, -0.2) is 0 Å². The van der Waals surface area contributed by atoms with Gasteiger partial charge in [0.15, 0.2) is 0 Å². The Balaban J connectivity index is 1.78. The van der Waals surface area contributed by atoms with Gasteiger partial charge in [0.2, 0.25) is 0 Å². The maximum Gasteiger partial charge on any atom is 0.494 e. The molecule has 16 heavy (non-hydrogen) atoms. The van der Waals surface area contributed by atoms with E-state index in [4.69, 9.17) is 9.31 Å². The molecule has 3 nitrogen and oxygen atoms in total. The molecule has 0 amide bonds. The van der Waals surface area contributed by atoms with E-state index in [1.807, 2.05) is 30.3 Å². The maximum absolute atomic E-state index is 11.4. The third-order valence-electron chi connectivity index (χ3n) is 3.14. The Morgan fingerprint density at radius 2 is 1.69 bits per heavy atom. The van der Waals surface area contributed by atoms with E-state index in [-0.39, 0.29) is 25.1 Å². The van der Waals surface area contributed by atoms with Crippen LogP contribution < -0.4 is 5.46 Å². The van der Waals surface area contributed by atoms with E-state index in [2.05, 4.69) is 0 Å². The topological polar surface area (TPSA) is 35.5 Å². The minimum atomic E-state index is -0.293. The molecule has 1 aliphatic carbocycles. The summed E-state index contributed by atoms with van der Waals surface area (Å²) >= 11 is 0. The van der Waals surface area contributed by atoms with E-state index in [9.17, 15) is 4.79 Å². The van der Waals surface area contributed by atoms with Gasteiger partial charge >= 0.3 is 7.12 Å². The van der Waals surface area contributed by atoms with Gasteiger partial charge < -0.3 is 9.31 Å². The monoisotopic (exact) mass is 216 g/mol. The number of carbonyl (C=O) groups excluding carboxylic acids is 1. The molecule has 3 rings (SSSR count). The molecular formula is C12H13BO3. The number of rotatable bonds is 1. The molecule has 0 N–H and O–H groups in total. The number of fused-ring (bicyclic) bond motifs is 2. The first-order valence-corrected chi connectivity index (χ1v) is 5.69. The summed E-state index contributed by atoms with van der Waals surface area (Å²) in [6, 6.07) is 9.90. The second-order valence-electron chi connectivity index (χ2n) is 4.44. The Kier molecular flexibility index (Phi) is 2.54. The average molecular weight is 216 g/mol. The Morgan fingerprint density at radius 1 is 1.06 bits per heavy atom. The number of Topliss-reactive ketones (excluding diaryl/α,β-unsaturated/α-hetero) is 1. The number of benzene rings is 1. The van der Waals surface area contributed by atoms with Crippen LogP contribution in [0.4, 0.5) is 0 Å². The predicted octanol–water partition coefficient (Wildman–Crippen LogP) is 0.919. The highest BCUT2D eigenvalue weighted by atomic mass is 16.6. The summed E-state index contributed by atoms with van der Waals surface area (Å²) in [4.78, 5) is 11.4. The highest BCUT2D eigenvalue weighted by molar-refractivity contribution is 6.61. The Morgan fingerprint density at radius 3 is 2.31 bits per heavy atom. The van der Waals surface area contributed by atoms with Gasteiger partial charge in [-0.3, -0.25) is 4.79 Å². The van der Waals surface area contributed by atoms with Crippen molar-refractivity contribution in [3.8, 4) is 0 Å². The van der Waals surface area contributed by atoms with Gasteiger partial charge in [0.25, 0.3) is 0 Å². The second kappa shape index (κ2) is 4.03. The third kappa shape index (κ3) is 1.90. The molecule has 1 aliphatic heterocycles. The zero-order valence-corrected chi connectivity index (χ0v) is 8.96. The quantitative estimate of drug-likeness (QED) is 0.654. The van der Waals surface area contributed by atoms with E-state index in [1.54, 1.807) is 0 Å². The first kappa shape index (κ1) is 10.1. The fourth-order valence-electron chi connectivity index (χ4n) is 2.41. The molecule has 1 aromatic carbocycles. The van der Waals surface area contributed by atoms with Gasteiger partial charge in [0.1, 0.15) is 5.78 Å². The molecule has 1 aromatic rings. The van der Waals surface area contributed by atoms with Crippen molar-refractivity contribution < 1.29 is 14.1 Å². The molecule has 2 aliphatic rings. The lowest BCUT2D eigenvalue weighted by molar-refractivity contribution is -0.129. The SMILES string of the molecule is O=C1C[C@@H]2C[C@H](C1)OB(c1ccccc1)O2. The smallest absolute Gasteiger partial charge is 0.404 e. The normalized spacial score (nSPS) is 29.2. The molecule has 0 radical (unpaired) electrons. The summed E-state index contributed by atoms with van der Waals surface area (Å²) in [5.74, 6) is 0.257. The lowest BCUT2D eigenvalue weighted by Crippen LogP contribution is -2.51. The van der Waals surface area contributed by atoms with Crippen LogP contribution in [0.25, 0.3) is 0 Å². The standard InChI is InChI=1S/C12H13BO3/c14-10-6-11-8-12(7-10)16-13(15-11)9-4-2-1-3-5-9/h1-5,11-12H,6-8H2/t11-,12+. The zero-order chi connectivity index (χ0) is 11.0. The van der Waals surface area contributed by atoms with Gasteiger partial charge in [-0.15, -0.1) is 0 Å². The van der Waals surface area contributed by atoms with Crippen molar-refractivity contribution in [2.45, 2.75) is 31.5 Å². The first-order valence-electron chi connectivity index (χ1n) is 5.69. The summed E-state index contributed by atoms with van der Waals surface area (Å²) in [5, 5.41) is 0. The van der Waals surface area contributed by atoms with Crippen molar-refractivity contribution >= 4 is 18.4 Å². The number of hydrogen-bond donors (Lipinski definition) is 0. The van der Waals surface area contributed by atoms with Gasteiger partial charge in [0.05, 0.1) is 12.2 Å². The molecule has 1 heterocycles. The molecular weight excluding hydrogens is 203 g/mol. The molecule has 4 heteroatoms. The minimum Gasteiger partial charge on any atom is -0.404 e.